The summed E-state index contributed by atoms with van der Waals surface area (Å²) in [5.41, 5.74) is 3.35. The maximum Gasteiger partial charge on any atom is 0.315 e. The Morgan fingerprint density at radius 3 is 2.96 bits per heavy atom. The largest absolute Gasteiger partial charge is 0.396 e. The van der Waals surface area contributed by atoms with Crippen molar-refractivity contribution < 1.29 is 9.90 Å². The number of carbonyl (C=O) groups is 1. The first-order chi connectivity index (χ1) is 11.2. The van der Waals surface area contributed by atoms with Gasteiger partial charge in [0.15, 0.2) is 0 Å². The molecule has 2 fully saturated rings. The second-order valence-corrected chi connectivity index (χ2v) is 7.52. The van der Waals surface area contributed by atoms with Gasteiger partial charge >= 0.3 is 6.03 Å². The van der Waals surface area contributed by atoms with Crippen LogP contribution >= 0.6 is 0 Å². The molecule has 0 aromatic heterocycles. The zero-order valence-corrected chi connectivity index (χ0v) is 13.6. The van der Waals surface area contributed by atoms with Crippen molar-refractivity contribution in [2.75, 3.05) is 13.2 Å². The average Bonchev–Trinajstić information content (AvgIpc) is 3.45. The lowest BCUT2D eigenvalue weighted by atomic mass is 9.95. The molecular formula is C19H26N2O2. The zero-order valence-electron chi connectivity index (χ0n) is 13.6. The fourth-order valence-corrected chi connectivity index (χ4v) is 4.50. The molecule has 0 radical (unpaired) electrons. The SMILES string of the molecule is O=C(NC[C@@H]1C[C@]12CCc1ccccc12)N[C@@H](CCO)C1CC1. The highest BCUT2D eigenvalue weighted by molar-refractivity contribution is 5.74. The molecule has 2 amide bonds. The van der Waals surface area contributed by atoms with Crippen molar-refractivity contribution in [2.45, 2.75) is 50.0 Å². The van der Waals surface area contributed by atoms with Crippen molar-refractivity contribution in [3.8, 4) is 0 Å². The molecule has 23 heavy (non-hydrogen) atoms. The van der Waals surface area contributed by atoms with Crippen LogP contribution in [-0.2, 0) is 11.8 Å². The number of benzene rings is 1. The van der Waals surface area contributed by atoms with E-state index in [9.17, 15) is 4.79 Å². The van der Waals surface area contributed by atoms with Crippen LogP contribution in [0.4, 0.5) is 4.79 Å². The topological polar surface area (TPSA) is 61.4 Å². The maximum atomic E-state index is 12.1. The summed E-state index contributed by atoms with van der Waals surface area (Å²) >= 11 is 0. The molecule has 2 saturated carbocycles. The van der Waals surface area contributed by atoms with E-state index in [1.54, 1.807) is 0 Å². The normalized spacial score (nSPS) is 29.2. The third-order valence-corrected chi connectivity index (χ3v) is 6.08. The number of rotatable bonds is 6. The van der Waals surface area contributed by atoms with E-state index >= 15 is 0 Å². The van der Waals surface area contributed by atoms with E-state index in [4.69, 9.17) is 5.11 Å². The quantitative estimate of drug-likeness (QED) is 0.755. The first-order valence-electron chi connectivity index (χ1n) is 8.96. The fourth-order valence-electron chi connectivity index (χ4n) is 4.50. The van der Waals surface area contributed by atoms with Crippen LogP contribution in [0.3, 0.4) is 0 Å². The highest BCUT2D eigenvalue weighted by Gasteiger charge is 2.57. The number of aliphatic hydroxyl groups is 1. The number of amides is 2. The summed E-state index contributed by atoms with van der Waals surface area (Å²) in [4.78, 5) is 12.1. The molecule has 0 unspecified atom stereocenters. The van der Waals surface area contributed by atoms with Crippen molar-refractivity contribution in [3.63, 3.8) is 0 Å². The molecule has 3 aliphatic carbocycles. The van der Waals surface area contributed by atoms with E-state index in [-0.39, 0.29) is 18.7 Å². The van der Waals surface area contributed by atoms with Gasteiger partial charge in [0.05, 0.1) is 0 Å². The predicted molar refractivity (Wildman–Crippen MR) is 89.3 cm³/mol. The summed E-state index contributed by atoms with van der Waals surface area (Å²) in [5.74, 6) is 1.15. The van der Waals surface area contributed by atoms with Crippen molar-refractivity contribution >= 4 is 6.03 Å². The van der Waals surface area contributed by atoms with Crippen LogP contribution in [0.25, 0.3) is 0 Å². The smallest absolute Gasteiger partial charge is 0.315 e. The first kappa shape index (κ1) is 15.0. The fraction of sp³-hybridized carbons (Fsp3) is 0.632. The van der Waals surface area contributed by atoms with Crippen LogP contribution in [0.15, 0.2) is 24.3 Å². The molecule has 0 bridgehead atoms. The summed E-state index contributed by atoms with van der Waals surface area (Å²) in [6, 6.07) is 8.85. The number of hydrogen-bond donors (Lipinski definition) is 3. The summed E-state index contributed by atoms with van der Waals surface area (Å²) in [7, 11) is 0. The number of aryl methyl sites for hydroxylation is 1. The second kappa shape index (κ2) is 5.82. The van der Waals surface area contributed by atoms with Gasteiger partial charge in [-0.2, -0.15) is 0 Å². The first-order valence-corrected chi connectivity index (χ1v) is 8.96. The van der Waals surface area contributed by atoms with E-state index in [1.807, 2.05) is 0 Å². The Kier molecular flexibility index (Phi) is 3.80. The van der Waals surface area contributed by atoms with E-state index in [0.29, 0.717) is 23.7 Å². The third kappa shape index (κ3) is 2.85. The average molecular weight is 314 g/mol. The molecule has 0 aliphatic heterocycles. The number of fused-ring (bicyclic) bond motifs is 2. The Morgan fingerprint density at radius 2 is 2.17 bits per heavy atom. The van der Waals surface area contributed by atoms with Crippen molar-refractivity contribution in [3.05, 3.63) is 35.4 Å². The van der Waals surface area contributed by atoms with Gasteiger partial charge in [0.1, 0.15) is 0 Å². The lowest BCUT2D eigenvalue weighted by molar-refractivity contribution is 0.224. The molecule has 1 aromatic carbocycles. The van der Waals surface area contributed by atoms with Gasteiger partial charge in [-0.3, -0.25) is 0 Å². The minimum Gasteiger partial charge on any atom is -0.396 e. The van der Waals surface area contributed by atoms with E-state index in [1.165, 1.54) is 43.2 Å². The standard InChI is InChI=1S/C19H26N2O2/c22-10-8-17(14-5-6-14)21-18(23)20-12-15-11-19(15)9-7-13-3-1-2-4-16(13)19/h1-4,14-15,17,22H,5-12H2,(H2,20,21,23)/t15-,17-,19+/m0/s1. The van der Waals surface area contributed by atoms with Gasteiger partial charge in [0.25, 0.3) is 0 Å². The van der Waals surface area contributed by atoms with E-state index < -0.39 is 0 Å². The van der Waals surface area contributed by atoms with Crippen LogP contribution in [0.1, 0.15) is 43.2 Å². The number of urea groups is 1. The van der Waals surface area contributed by atoms with Crippen molar-refractivity contribution in [1.29, 1.82) is 0 Å². The summed E-state index contributed by atoms with van der Waals surface area (Å²) in [6.07, 6.45) is 6.63. The molecule has 4 rings (SSSR count). The van der Waals surface area contributed by atoms with Crippen molar-refractivity contribution in [1.82, 2.24) is 10.6 Å². The number of carbonyl (C=O) groups excluding carboxylic acids is 1. The molecule has 4 nitrogen and oxygen atoms in total. The Bertz CT molecular complexity index is 599. The monoisotopic (exact) mass is 314 g/mol. The van der Waals surface area contributed by atoms with Gasteiger partial charge in [0.2, 0.25) is 0 Å². The number of aliphatic hydroxyl groups excluding tert-OH is 1. The zero-order chi connectivity index (χ0) is 15.9. The van der Waals surface area contributed by atoms with Gasteiger partial charge in [-0.1, -0.05) is 24.3 Å². The third-order valence-electron chi connectivity index (χ3n) is 6.08. The minimum atomic E-state index is -0.0660. The molecule has 1 aromatic rings. The van der Waals surface area contributed by atoms with Crippen LogP contribution in [0.2, 0.25) is 0 Å². The lowest BCUT2D eigenvalue weighted by Crippen LogP contribution is -2.44. The van der Waals surface area contributed by atoms with Gasteiger partial charge < -0.3 is 15.7 Å². The van der Waals surface area contributed by atoms with E-state index in [0.717, 1.165) is 6.54 Å². The highest BCUT2D eigenvalue weighted by atomic mass is 16.3. The summed E-state index contributed by atoms with van der Waals surface area (Å²) in [5, 5.41) is 15.2. The molecule has 3 aliphatic rings. The Morgan fingerprint density at radius 1 is 1.35 bits per heavy atom. The molecular weight excluding hydrogens is 288 g/mol. The molecule has 4 heteroatoms. The van der Waals surface area contributed by atoms with Crippen molar-refractivity contribution in [2.24, 2.45) is 11.8 Å². The molecule has 124 valence electrons. The molecule has 0 heterocycles. The second-order valence-electron chi connectivity index (χ2n) is 7.52. The van der Waals surface area contributed by atoms with E-state index in [2.05, 4.69) is 34.9 Å². The van der Waals surface area contributed by atoms with Crippen LogP contribution in [0.5, 0.6) is 0 Å². The minimum absolute atomic E-state index is 0.0660. The molecule has 3 atom stereocenters. The Hall–Kier alpha value is -1.55. The van der Waals surface area contributed by atoms with Crippen LogP contribution in [0, 0.1) is 11.8 Å². The molecule has 0 saturated heterocycles. The molecule has 1 spiro atoms. The highest BCUT2D eigenvalue weighted by Crippen LogP contribution is 2.61. The number of hydrogen-bond acceptors (Lipinski definition) is 2. The maximum absolute atomic E-state index is 12.1. The number of nitrogens with one attached hydrogen (secondary N) is 2. The Balaban J connectivity index is 1.29. The van der Waals surface area contributed by atoms with Gasteiger partial charge in [0, 0.05) is 24.6 Å². The lowest BCUT2D eigenvalue weighted by Gasteiger charge is -2.18. The predicted octanol–water partition coefficient (Wildman–Crippen LogP) is 2.35. The van der Waals surface area contributed by atoms with Gasteiger partial charge in [-0.05, 0) is 61.5 Å². The van der Waals surface area contributed by atoms with Gasteiger partial charge in [-0.25, -0.2) is 4.79 Å². The molecule has 3 N–H and O–H groups in total. The Labute approximate surface area is 137 Å². The van der Waals surface area contributed by atoms with Gasteiger partial charge in [-0.15, -0.1) is 0 Å². The van der Waals surface area contributed by atoms with Crippen LogP contribution < -0.4 is 10.6 Å². The summed E-state index contributed by atoms with van der Waals surface area (Å²) < 4.78 is 0. The summed E-state index contributed by atoms with van der Waals surface area (Å²) in [6.45, 7) is 0.903. The van der Waals surface area contributed by atoms with Crippen LogP contribution in [-0.4, -0.2) is 30.3 Å².